The van der Waals surface area contributed by atoms with Crippen LogP contribution in [0.2, 0.25) is 0 Å². The molecule has 2 aliphatic carbocycles. The Balaban J connectivity index is 1.77. The molecule has 0 aromatic carbocycles. The number of rotatable bonds is 2. The summed E-state index contributed by atoms with van der Waals surface area (Å²) in [5, 5.41) is 0. The number of hydrogen-bond acceptors (Lipinski definition) is 3. The Hall–Kier alpha value is -0.350. The Kier molecular flexibility index (Phi) is 3.10. The molecule has 104 valence electrons. The Labute approximate surface area is 126 Å². The number of fused-ring (bicyclic) bond motifs is 2. The minimum atomic E-state index is -0.162. The van der Waals surface area contributed by atoms with E-state index in [9.17, 15) is 4.79 Å². The van der Waals surface area contributed by atoms with Crippen LogP contribution in [0.5, 0.6) is 0 Å². The van der Waals surface area contributed by atoms with E-state index in [0.717, 1.165) is 10.2 Å². The number of carbonyl (C=O) groups is 1. The summed E-state index contributed by atoms with van der Waals surface area (Å²) >= 11 is 4.83. The monoisotopic (exact) mass is 342 g/mol. The van der Waals surface area contributed by atoms with E-state index in [1.807, 2.05) is 12.1 Å². The molecule has 1 heterocycles. The molecule has 0 saturated heterocycles. The molecular weight excluding hydrogens is 324 g/mol. The first kappa shape index (κ1) is 13.6. The summed E-state index contributed by atoms with van der Waals surface area (Å²) in [4.78, 5) is 12.9. The number of thiophene rings is 1. The van der Waals surface area contributed by atoms with Gasteiger partial charge in [-0.1, -0.05) is 20.8 Å². The van der Waals surface area contributed by atoms with Gasteiger partial charge in [0.15, 0.2) is 0 Å². The van der Waals surface area contributed by atoms with Crippen LogP contribution in [0.3, 0.4) is 0 Å². The highest BCUT2D eigenvalue weighted by Gasteiger charge is 2.62. The average Bonchev–Trinajstić information content (AvgIpc) is 2.91. The number of ether oxygens (including phenoxy) is 1. The van der Waals surface area contributed by atoms with Crippen molar-refractivity contribution in [3.8, 4) is 0 Å². The summed E-state index contributed by atoms with van der Waals surface area (Å²) in [6.07, 6.45) is 3.57. The van der Waals surface area contributed by atoms with Crippen LogP contribution in [0.25, 0.3) is 0 Å². The molecule has 2 aliphatic rings. The zero-order valence-corrected chi connectivity index (χ0v) is 13.9. The minimum absolute atomic E-state index is 0.0784. The molecule has 0 radical (unpaired) electrons. The molecule has 0 unspecified atom stereocenters. The standard InChI is InChI=1S/C15H19BrO2S/c1-14(2)9-6-7-15(14,3)11(8-9)18-13(17)10-4-5-12(16)19-10/h4-5,9,11H,6-8H2,1-3H3/t9-,11+,15+/m0/s1. The molecule has 0 amide bonds. The second-order valence-electron chi connectivity index (χ2n) is 6.61. The van der Waals surface area contributed by atoms with E-state index in [-0.39, 0.29) is 22.9 Å². The molecule has 2 fully saturated rings. The predicted molar refractivity (Wildman–Crippen MR) is 80.5 cm³/mol. The molecule has 1 aromatic heterocycles. The molecule has 2 bridgehead atoms. The first-order valence-corrected chi connectivity index (χ1v) is 8.42. The van der Waals surface area contributed by atoms with Crippen molar-refractivity contribution in [2.45, 2.75) is 46.1 Å². The predicted octanol–water partition coefficient (Wildman–Crippen LogP) is 4.88. The molecule has 4 heteroatoms. The molecular formula is C15H19BrO2S. The summed E-state index contributed by atoms with van der Waals surface area (Å²) in [7, 11) is 0. The van der Waals surface area contributed by atoms with Crippen molar-refractivity contribution in [3.05, 3.63) is 20.8 Å². The number of esters is 1. The maximum atomic E-state index is 12.2. The summed E-state index contributed by atoms with van der Waals surface area (Å²) in [6, 6.07) is 3.73. The Morgan fingerprint density at radius 3 is 2.63 bits per heavy atom. The lowest BCUT2D eigenvalue weighted by atomic mass is 9.70. The van der Waals surface area contributed by atoms with Gasteiger partial charge in [0, 0.05) is 5.41 Å². The van der Waals surface area contributed by atoms with Crippen molar-refractivity contribution >= 4 is 33.2 Å². The molecule has 2 nitrogen and oxygen atoms in total. The van der Waals surface area contributed by atoms with Gasteiger partial charge in [-0.3, -0.25) is 0 Å². The lowest BCUT2D eigenvalue weighted by Crippen LogP contribution is -2.38. The Bertz CT molecular complexity index is 522. The van der Waals surface area contributed by atoms with Crippen LogP contribution >= 0.6 is 27.3 Å². The zero-order chi connectivity index (χ0) is 13.8. The second kappa shape index (κ2) is 4.32. The van der Waals surface area contributed by atoms with Crippen LogP contribution in [0.4, 0.5) is 0 Å². The first-order chi connectivity index (χ1) is 8.84. The molecule has 3 atom stereocenters. The maximum absolute atomic E-state index is 12.2. The molecule has 0 N–H and O–H groups in total. The molecule has 3 rings (SSSR count). The van der Waals surface area contributed by atoms with Crippen LogP contribution in [0, 0.1) is 16.7 Å². The third-order valence-corrected chi connectivity index (χ3v) is 7.34. The number of carbonyl (C=O) groups excluding carboxylic acids is 1. The van der Waals surface area contributed by atoms with Gasteiger partial charge in [-0.2, -0.15) is 0 Å². The van der Waals surface area contributed by atoms with Crippen LogP contribution < -0.4 is 0 Å². The molecule has 2 saturated carbocycles. The summed E-state index contributed by atoms with van der Waals surface area (Å²) in [5.41, 5.74) is 0.426. The van der Waals surface area contributed by atoms with Gasteiger partial charge in [0.1, 0.15) is 11.0 Å². The summed E-state index contributed by atoms with van der Waals surface area (Å²) in [6.45, 7) is 6.96. The summed E-state index contributed by atoms with van der Waals surface area (Å²) < 4.78 is 6.81. The Morgan fingerprint density at radius 2 is 2.16 bits per heavy atom. The van der Waals surface area contributed by atoms with E-state index in [4.69, 9.17) is 4.74 Å². The number of halogens is 1. The fourth-order valence-corrected chi connectivity index (χ4v) is 5.19. The third-order valence-electron chi connectivity index (χ3n) is 5.74. The third kappa shape index (κ3) is 1.90. The van der Waals surface area contributed by atoms with Gasteiger partial charge in [0.25, 0.3) is 0 Å². The van der Waals surface area contributed by atoms with Crippen LogP contribution in [0.1, 0.15) is 49.7 Å². The van der Waals surface area contributed by atoms with Crippen molar-refractivity contribution < 1.29 is 9.53 Å². The van der Waals surface area contributed by atoms with Gasteiger partial charge >= 0.3 is 5.97 Å². The van der Waals surface area contributed by atoms with E-state index in [2.05, 4.69) is 36.7 Å². The van der Waals surface area contributed by atoms with Crippen molar-refractivity contribution in [3.63, 3.8) is 0 Å². The van der Waals surface area contributed by atoms with E-state index >= 15 is 0 Å². The smallest absolute Gasteiger partial charge is 0.348 e. The fraction of sp³-hybridized carbons (Fsp3) is 0.667. The lowest BCUT2D eigenvalue weighted by molar-refractivity contribution is -0.0238. The highest BCUT2D eigenvalue weighted by Crippen LogP contribution is 2.66. The highest BCUT2D eigenvalue weighted by molar-refractivity contribution is 9.11. The Morgan fingerprint density at radius 1 is 1.42 bits per heavy atom. The van der Waals surface area contributed by atoms with E-state index in [1.165, 1.54) is 24.2 Å². The summed E-state index contributed by atoms with van der Waals surface area (Å²) in [5.74, 6) is 0.538. The number of hydrogen-bond donors (Lipinski definition) is 0. The van der Waals surface area contributed by atoms with Crippen molar-refractivity contribution in [2.75, 3.05) is 0 Å². The van der Waals surface area contributed by atoms with Crippen LogP contribution in [0.15, 0.2) is 15.9 Å². The van der Waals surface area contributed by atoms with Gasteiger partial charge in [-0.15, -0.1) is 11.3 Å². The van der Waals surface area contributed by atoms with E-state index in [0.29, 0.717) is 10.8 Å². The molecule has 1 aromatic rings. The van der Waals surface area contributed by atoms with Crippen LogP contribution in [-0.4, -0.2) is 12.1 Å². The second-order valence-corrected chi connectivity index (χ2v) is 9.07. The largest absolute Gasteiger partial charge is 0.458 e. The lowest BCUT2D eigenvalue weighted by Gasteiger charge is -2.38. The molecule has 19 heavy (non-hydrogen) atoms. The normalized spacial score (nSPS) is 35.6. The van der Waals surface area contributed by atoms with Crippen molar-refractivity contribution in [1.29, 1.82) is 0 Å². The van der Waals surface area contributed by atoms with Gasteiger partial charge < -0.3 is 4.74 Å². The van der Waals surface area contributed by atoms with Gasteiger partial charge in [0.05, 0.1) is 3.79 Å². The van der Waals surface area contributed by atoms with E-state index in [1.54, 1.807) is 0 Å². The quantitative estimate of drug-likeness (QED) is 0.715. The molecule has 0 aliphatic heterocycles. The first-order valence-electron chi connectivity index (χ1n) is 6.81. The fourth-order valence-electron chi connectivity index (χ4n) is 3.92. The van der Waals surface area contributed by atoms with Gasteiger partial charge in [0.2, 0.25) is 0 Å². The maximum Gasteiger partial charge on any atom is 0.348 e. The van der Waals surface area contributed by atoms with Crippen LogP contribution in [-0.2, 0) is 4.74 Å². The van der Waals surface area contributed by atoms with E-state index < -0.39 is 0 Å². The zero-order valence-electron chi connectivity index (χ0n) is 11.5. The topological polar surface area (TPSA) is 26.3 Å². The highest BCUT2D eigenvalue weighted by atomic mass is 79.9. The van der Waals surface area contributed by atoms with Crippen molar-refractivity contribution in [2.24, 2.45) is 16.7 Å². The average molecular weight is 343 g/mol. The minimum Gasteiger partial charge on any atom is -0.458 e. The SMILES string of the molecule is CC1(C)[C@H]2CC[C@]1(C)[C@H](OC(=O)c1ccc(Br)s1)C2. The van der Waals surface area contributed by atoms with Crippen molar-refractivity contribution in [1.82, 2.24) is 0 Å². The molecule has 0 spiro atoms. The van der Waals surface area contributed by atoms with Gasteiger partial charge in [-0.25, -0.2) is 4.79 Å². The van der Waals surface area contributed by atoms with Gasteiger partial charge in [-0.05, 0) is 58.7 Å².